The molecule has 0 saturated heterocycles. The van der Waals surface area contributed by atoms with Gasteiger partial charge in [0.2, 0.25) is 5.91 Å². The molecule has 154 valence electrons. The molecule has 0 aliphatic heterocycles. The summed E-state index contributed by atoms with van der Waals surface area (Å²) < 4.78 is 1.79. The number of hydrogen-bond acceptors (Lipinski definition) is 7. The molecule has 0 bridgehead atoms. The molecule has 31 heavy (non-hydrogen) atoms. The van der Waals surface area contributed by atoms with E-state index in [1.165, 1.54) is 11.3 Å². The molecule has 0 aliphatic carbocycles. The highest BCUT2D eigenvalue weighted by Gasteiger charge is 2.18. The number of amides is 1. The van der Waals surface area contributed by atoms with Crippen LogP contribution in [0.1, 0.15) is 18.4 Å². The lowest BCUT2D eigenvalue weighted by Crippen LogP contribution is -2.22. The first-order valence-electron chi connectivity index (χ1n) is 9.65. The molecule has 5 rings (SSSR count). The number of nitrogens with zero attached hydrogens (tertiary/aromatic N) is 6. The zero-order valence-electron chi connectivity index (χ0n) is 16.9. The number of carbonyl (C=O) groups excluding carboxylic acids is 1. The average molecular weight is 447 g/mol. The summed E-state index contributed by atoms with van der Waals surface area (Å²) in [6.07, 6.45) is 0. The summed E-state index contributed by atoms with van der Waals surface area (Å²) >= 11 is 3.00. The average Bonchev–Trinajstić information content (AvgIpc) is 3.39. The van der Waals surface area contributed by atoms with Crippen molar-refractivity contribution in [3.63, 3.8) is 0 Å². The summed E-state index contributed by atoms with van der Waals surface area (Å²) in [6.45, 7) is 3.43. The van der Waals surface area contributed by atoms with E-state index in [0.717, 1.165) is 33.1 Å². The molecule has 9 heteroatoms. The van der Waals surface area contributed by atoms with Gasteiger partial charge in [-0.1, -0.05) is 42.1 Å². The Morgan fingerprint density at radius 1 is 1.06 bits per heavy atom. The van der Waals surface area contributed by atoms with Gasteiger partial charge in [0.15, 0.2) is 15.9 Å². The Kier molecular flexibility index (Phi) is 5.13. The van der Waals surface area contributed by atoms with E-state index in [1.807, 2.05) is 66.9 Å². The van der Waals surface area contributed by atoms with Gasteiger partial charge in [0.05, 0.1) is 16.9 Å². The first-order valence-corrected chi connectivity index (χ1v) is 11.5. The minimum absolute atomic E-state index is 0.0734. The monoisotopic (exact) mass is 446 g/mol. The van der Waals surface area contributed by atoms with Crippen molar-refractivity contribution in [1.82, 2.24) is 24.6 Å². The van der Waals surface area contributed by atoms with Crippen molar-refractivity contribution in [2.24, 2.45) is 0 Å². The Balaban J connectivity index is 1.44. The number of carbonyl (C=O) groups is 1. The molecule has 0 N–H and O–H groups in total. The summed E-state index contributed by atoms with van der Waals surface area (Å²) in [5.41, 5.74) is 3.37. The summed E-state index contributed by atoms with van der Waals surface area (Å²) in [5.74, 6) is 1.24. The number of para-hydroxylation sites is 2. The van der Waals surface area contributed by atoms with Crippen molar-refractivity contribution in [1.29, 1.82) is 0 Å². The number of benzene rings is 2. The first kappa shape index (κ1) is 19.7. The van der Waals surface area contributed by atoms with Gasteiger partial charge >= 0.3 is 0 Å². The summed E-state index contributed by atoms with van der Waals surface area (Å²) in [5, 5.41) is 8.89. The fourth-order valence-electron chi connectivity index (χ4n) is 3.33. The number of thiazole rings is 1. The maximum atomic E-state index is 12.3. The Morgan fingerprint density at radius 3 is 2.65 bits per heavy atom. The van der Waals surface area contributed by atoms with E-state index in [2.05, 4.69) is 10.1 Å². The summed E-state index contributed by atoms with van der Waals surface area (Å²) in [7, 11) is 0. The second-order valence-electron chi connectivity index (χ2n) is 6.91. The number of rotatable bonds is 5. The standard InChI is InChI=1S/C22H18N6OS2/c1-14-23-20-18-10-6-7-11-19(18)25-22(28(20)26-14)31-13-16-12-30-21(24-16)27(15(2)29)17-8-4-3-5-9-17/h3-12H,13H2,1-2H3. The molecular formula is C22H18N6OS2. The molecule has 0 saturated carbocycles. The van der Waals surface area contributed by atoms with Crippen LogP contribution in [0, 0.1) is 6.92 Å². The van der Waals surface area contributed by atoms with E-state index in [1.54, 1.807) is 28.1 Å². The molecule has 3 heterocycles. The van der Waals surface area contributed by atoms with Gasteiger partial charge in [0.1, 0.15) is 5.82 Å². The largest absolute Gasteiger partial charge is 0.274 e. The predicted molar refractivity (Wildman–Crippen MR) is 124 cm³/mol. The first-order chi connectivity index (χ1) is 15.1. The van der Waals surface area contributed by atoms with Gasteiger partial charge < -0.3 is 0 Å². The Labute approximate surface area is 186 Å². The molecule has 3 aromatic heterocycles. The highest BCUT2D eigenvalue weighted by Crippen LogP contribution is 2.31. The van der Waals surface area contributed by atoms with Crippen LogP contribution in [-0.4, -0.2) is 30.5 Å². The smallest absolute Gasteiger partial charge is 0.230 e. The van der Waals surface area contributed by atoms with Crippen LogP contribution in [0.15, 0.2) is 65.1 Å². The topological polar surface area (TPSA) is 76.3 Å². The molecular weight excluding hydrogens is 428 g/mol. The summed E-state index contributed by atoms with van der Waals surface area (Å²) in [6, 6.07) is 17.5. The number of thioether (sulfide) groups is 1. The van der Waals surface area contributed by atoms with Crippen molar-refractivity contribution in [2.75, 3.05) is 4.90 Å². The number of anilines is 2. The van der Waals surface area contributed by atoms with Crippen molar-refractivity contribution < 1.29 is 4.79 Å². The minimum Gasteiger partial charge on any atom is -0.274 e. The van der Waals surface area contributed by atoms with Gasteiger partial charge in [-0.05, 0) is 31.2 Å². The van der Waals surface area contributed by atoms with Gasteiger partial charge in [-0.15, -0.1) is 16.4 Å². The van der Waals surface area contributed by atoms with Crippen LogP contribution < -0.4 is 4.90 Å². The lowest BCUT2D eigenvalue weighted by molar-refractivity contribution is -0.115. The molecule has 0 aliphatic rings. The van der Waals surface area contributed by atoms with E-state index >= 15 is 0 Å². The Bertz CT molecular complexity index is 1400. The lowest BCUT2D eigenvalue weighted by Gasteiger charge is -2.17. The molecule has 0 unspecified atom stereocenters. The molecule has 0 spiro atoms. The molecule has 1 amide bonds. The van der Waals surface area contributed by atoms with Crippen molar-refractivity contribution in [3.05, 3.63) is 71.5 Å². The van der Waals surface area contributed by atoms with Crippen LogP contribution >= 0.6 is 23.1 Å². The molecule has 5 aromatic rings. The molecule has 7 nitrogen and oxygen atoms in total. The van der Waals surface area contributed by atoms with Crippen molar-refractivity contribution in [2.45, 2.75) is 24.8 Å². The van der Waals surface area contributed by atoms with Crippen molar-refractivity contribution >= 4 is 56.4 Å². The zero-order chi connectivity index (χ0) is 21.4. The Morgan fingerprint density at radius 2 is 1.84 bits per heavy atom. The van der Waals surface area contributed by atoms with Crippen LogP contribution in [-0.2, 0) is 10.5 Å². The highest BCUT2D eigenvalue weighted by molar-refractivity contribution is 7.98. The van der Waals surface area contributed by atoms with Crippen LogP contribution in [0.4, 0.5) is 10.8 Å². The molecule has 2 aromatic carbocycles. The maximum Gasteiger partial charge on any atom is 0.230 e. The highest BCUT2D eigenvalue weighted by atomic mass is 32.2. The van der Waals surface area contributed by atoms with Gasteiger partial charge in [-0.2, -0.15) is 4.52 Å². The Hall–Kier alpha value is -3.30. The number of aryl methyl sites for hydroxylation is 1. The third-order valence-corrected chi connectivity index (χ3v) is 6.50. The van der Waals surface area contributed by atoms with Crippen LogP contribution in [0.25, 0.3) is 16.6 Å². The fourth-order valence-corrected chi connectivity index (χ4v) is 5.16. The van der Waals surface area contributed by atoms with Gasteiger partial charge in [-0.3, -0.25) is 9.69 Å². The van der Waals surface area contributed by atoms with E-state index in [9.17, 15) is 4.79 Å². The quantitative estimate of drug-likeness (QED) is 0.279. The summed E-state index contributed by atoms with van der Waals surface area (Å²) in [4.78, 5) is 28.0. The lowest BCUT2D eigenvalue weighted by atomic mass is 10.2. The van der Waals surface area contributed by atoms with E-state index in [4.69, 9.17) is 9.97 Å². The van der Waals surface area contributed by atoms with E-state index < -0.39 is 0 Å². The number of fused-ring (bicyclic) bond motifs is 3. The van der Waals surface area contributed by atoms with E-state index in [0.29, 0.717) is 16.7 Å². The van der Waals surface area contributed by atoms with Crippen LogP contribution in [0.3, 0.4) is 0 Å². The number of hydrogen-bond donors (Lipinski definition) is 0. The number of aromatic nitrogens is 5. The SMILES string of the molecule is CC(=O)N(c1ccccc1)c1nc(CSc2nc3ccccc3c3nc(C)nn23)cs1. The third-order valence-electron chi connectivity index (χ3n) is 4.66. The molecule has 0 fully saturated rings. The van der Waals surface area contributed by atoms with Gasteiger partial charge in [0, 0.05) is 23.4 Å². The van der Waals surface area contributed by atoms with Gasteiger partial charge in [0.25, 0.3) is 0 Å². The second-order valence-corrected chi connectivity index (χ2v) is 8.69. The third kappa shape index (κ3) is 3.77. The predicted octanol–water partition coefficient (Wildman–Crippen LogP) is 5.02. The molecule has 0 radical (unpaired) electrons. The van der Waals surface area contributed by atoms with Crippen molar-refractivity contribution in [3.8, 4) is 0 Å². The van der Waals surface area contributed by atoms with Gasteiger partial charge in [-0.25, -0.2) is 15.0 Å². The zero-order valence-corrected chi connectivity index (χ0v) is 18.5. The van der Waals surface area contributed by atoms with Crippen LogP contribution in [0.2, 0.25) is 0 Å². The fraction of sp³-hybridized carbons (Fsp3) is 0.136. The van der Waals surface area contributed by atoms with Crippen LogP contribution in [0.5, 0.6) is 0 Å². The normalized spacial score (nSPS) is 11.3. The second kappa shape index (κ2) is 8.09. The maximum absolute atomic E-state index is 12.3. The minimum atomic E-state index is -0.0734. The van der Waals surface area contributed by atoms with E-state index in [-0.39, 0.29) is 5.91 Å². The molecule has 0 atom stereocenters.